The molecule has 5 heteroatoms. The number of halogens is 1. The molecular formula is C21H25ClN2O2. The van der Waals surface area contributed by atoms with Crippen LogP contribution in [-0.2, 0) is 11.3 Å². The molecule has 1 aliphatic rings. The Balaban J connectivity index is 1.32. The Morgan fingerprint density at radius 2 is 1.77 bits per heavy atom. The molecule has 0 saturated carbocycles. The van der Waals surface area contributed by atoms with E-state index in [9.17, 15) is 4.79 Å². The third-order valence-electron chi connectivity index (χ3n) is 4.61. The van der Waals surface area contributed by atoms with Crippen LogP contribution in [0.25, 0.3) is 0 Å². The van der Waals surface area contributed by atoms with Crippen LogP contribution in [0.2, 0.25) is 5.02 Å². The molecule has 1 aliphatic heterocycles. The van der Waals surface area contributed by atoms with Crippen molar-refractivity contribution in [2.24, 2.45) is 0 Å². The van der Waals surface area contributed by atoms with E-state index in [1.165, 1.54) is 5.56 Å². The average Bonchev–Trinajstić information content (AvgIpc) is 2.66. The highest BCUT2D eigenvalue weighted by molar-refractivity contribution is 6.30. The number of nitrogens with one attached hydrogen (secondary N) is 1. The number of carbonyl (C=O) groups excluding carboxylic acids is 1. The van der Waals surface area contributed by atoms with Crippen LogP contribution in [0, 0.1) is 0 Å². The summed E-state index contributed by atoms with van der Waals surface area (Å²) in [6.45, 7) is 3.39. The van der Waals surface area contributed by atoms with Gasteiger partial charge in [-0.25, -0.2) is 0 Å². The van der Waals surface area contributed by atoms with Crippen LogP contribution in [-0.4, -0.2) is 36.5 Å². The van der Waals surface area contributed by atoms with Crippen LogP contribution in [0.5, 0.6) is 5.75 Å². The lowest BCUT2D eigenvalue weighted by atomic mass is 10.0. The number of piperidine rings is 1. The zero-order valence-corrected chi connectivity index (χ0v) is 15.6. The molecule has 3 rings (SSSR count). The number of amides is 1. The fraction of sp³-hybridized carbons (Fsp3) is 0.381. The third-order valence-corrected chi connectivity index (χ3v) is 4.87. The van der Waals surface area contributed by atoms with Crippen molar-refractivity contribution < 1.29 is 9.53 Å². The molecular weight excluding hydrogens is 348 g/mol. The van der Waals surface area contributed by atoms with E-state index in [1.807, 2.05) is 18.2 Å². The van der Waals surface area contributed by atoms with E-state index in [-0.39, 0.29) is 11.9 Å². The number of hydrogen-bond donors (Lipinski definition) is 1. The summed E-state index contributed by atoms with van der Waals surface area (Å²) in [4.78, 5) is 14.5. The van der Waals surface area contributed by atoms with Gasteiger partial charge in [-0.3, -0.25) is 9.69 Å². The van der Waals surface area contributed by atoms with Crippen LogP contribution in [0.4, 0.5) is 0 Å². The van der Waals surface area contributed by atoms with Crippen molar-refractivity contribution in [2.45, 2.75) is 31.8 Å². The molecule has 0 aliphatic carbocycles. The lowest BCUT2D eigenvalue weighted by molar-refractivity contribution is -0.122. The van der Waals surface area contributed by atoms with Crippen molar-refractivity contribution in [2.75, 3.05) is 19.7 Å². The van der Waals surface area contributed by atoms with Crippen molar-refractivity contribution in [1.29, 1.82) is 0 Å². The van der Waals surface area contributed by atoms with E-state index in [1.54, 1.807) is 12.1 Å². The maximum absolute atomic E-state index is 12.1. The van der Waals surface area contributed by atoms with Crippen LogP contribution in [0.15, 0.2) is 54.6 Å². The highest BCUT2D eigenvalue weighted by Crippen LogP contribution is 2.16. The number of carbonyl (C=O) groups is 1. The maximum atomic E-state index is 12.1. The molecule has 1 heterocycles. The number of benzene rings is 2. The Bertz CT molecular complexity index is 683. The number of likely N-dealkylation sites (tertiary alicyclic amines) is 1. The van der Waals surface area contributed by atoms with Gasteiger partial charge in [-0.2, -0.15) is 0 Å². The Kier molecular flexibility index (Phi) is 6.92. The van der Waals surface area contributed by atoms with Crippen LogP contribution in [0.1, 0.15) is 24.8 Å². The van der Waals surface area contributed by atoms with E-state index >= 15 is 0 Å². The van der Waals surface area contributed by atoms with Crippen LogP contribution < -0.4 is 10.1 Å². The molecule has 0 spiro atoms. The maximum Gasteiger partial charge on any atom is 0.223 e. The number of rotatable bonds is 7. The van der Waals surface area contributed by atoms with Gasteiger partial charge >= 0.3 is 0 Å². The van der Waals surface area contributed by atoms with Crippen molar-refractivity contribution in [3.63, 3.8) is 0 Å². The summed E-state index contributed by atoms with van der Waals surface area (Å²) in [7, 11) is 0. The Morgan fingerprint density at radius 3 is 2.46 bits per heavy atom. The first-order chi connectivity index (χ1) is 12.7. The van der Waals surface area contributed by atoms with Gasteiger partial charge in [0, 0.05) is 30.7 Å². The fourth-order valence-electron chi connectivity index (χ4n) is 3.17. The third kappa shape index (κ3) is 6.04. The van der Waals surface area contributed by atoms with Gasteiger partial charge in [-0.1, -0.05) is 41.9 Å². The smallest absolute Gasteiger partial charge is 0.223 e. The minimum absolute atomic E-state index is 0.0560. The highest BCUT2D eigenvalue weighted by atomic mass is 35.5. The van der Waals surface area contributed by atoms with Gasteiger partial charge in [-0.05, 0) is 42.7 Å². The van der Waals surface area contributed by atoms with Gasteiger partial charge in [0.25, 0.3) is 0 Å². The molecule has 0 atom stereocenters. The van der Waals surface area contributed by atoms with Crippen molar-refractivity contribution in [1.82, 2.24) is 10.2 Å². The van der Waals surface area contributed by atoms with Gasteiger partial charge in [0.15, 0.2) is 0 Å². The standard InChI is InChI=1S/C21H25ClN2O2/c22-18-6-8-20(9-7-18)26-15-12-21(25)23-19-10-13-24(14-11-19)16-17-4-2-1-3-5-17/h1-9,19H,10-16H2,(H,23,25). The van der Waals surface area contributed by atoms with Gasteiger partial charge in [0.05, 0.1) is 13.0 Å². The van der Waals surface area contributed by atoms with Crippen molar-refractivity contribution in [3.8, 4) is 5.75 Å². The summed E-state index contributed by atoms with van der Waals surface area (Å²) in [5, 5.41) is 3.81. The largest absolute Gasteiger partial charge is 0.493 e. The molecule has 1 saturated heterocycles. The second-order valence-corrected chi connectivity index (χ2v) is 7.09. The highest BCUT2D eigenvalue weighted by Gasteiger charge is 2.20. The van der Waals surface area contributed by atoms with Crippen LogP contribution in [0.3, 0.4) is 0 Å². The molecule has 1 fully saturated rings. The van der Waals surface area contributed by atoms with E-state index in [0.29, 0.717) is 18.1 Å². The Labute approximate surface area is 160 Å². The van der Waals surface area contributed by atoms with E-state index in [2.05, 4.69) is 34.5 Å². The fourth-order valence-corrected chi connectivity index (χ4v) is 3.30. The quantitative estimate of drug-likeness (QED) is 0.801. The molecule has 4 nitrogen and oxygen atoms in total. The molecule has 2 aromatic rings. The first kappa shape index (κ1) is 18.7. The monoisotopic (exact) mass is 372 g/mol. The molecule has 1 N–H and O–H groups in total. The van der Waals surface area contributed by atoms with Gasteiger partial charge in [0.1, 0.15) is 5.75 Å². The van der Waals surface area contributed by atoms with Crippen LogP contribution >= 0.6 is 11.6 Å². The van der Waals surface area contributed by atoms with E-state index in [4.69, 9.17) is 16.3 Å². The molecule has 26 heavy (non-hydrogen) atoms. The molecule has 138 valence electrons. The first-order valence-electron chi connectivity index (χ1n) is 9.13. The van der Waals surface area contributed by atoms with Crippen molar-refractivity contribution in [3.05, 3.63) is 65.2 Å². The normalized spacial score (nSPS) is 15.6. The minimum atomic E-state index is 0.0560. The SMILES string of the molecule is O=C(CCOc1ccc(Cl)cc1)NC1CCN(Cc2ccccc2)CC1. The number of hydrogen-bond acceptors (Lipinski definition) is 3. The molecule has 0 aromatic heterocycles. The molecule has 0 unspecified atom stereocenters. The predicted octanol–water partition coefficient (Wildman–Crippen LogP) is 3.89. The zero-order valence-electron chi connectivity index (χ0n) is 14.9. The summed E-state index contributed by atoms with van der Waals surface area (Å²) in [6.07, 6.45) is 2.36. The number of nitrogens with zero attached hydrogens (tertiary/aromatic N) is 1. The lowest BCUT2D eigenvalue weighted by Gasteiger charge is -2.32. The topological polar surface area (TPSA) is 41.6 Å². The number of ether oxygens (including phenoxy) is 1. The van der Waals surface area contributed by atoms with Gasteiger partial charge in [-0.15, -0.1) is 0 Å². The molecule has 0 bridgehead atoms. The summed E-state index contributed by atoms with van der Waals surface area (Å²) in [6, 6.07) is 18.0. The second-order valence-electron chi connectivity index (χ2n) is 6.66. The van der Waals surface area contributed by atoms with Gasteiger partial charge in [0.2, 0.25) is 5.91 Å². The summed E-state index contributed by atoms with van der Waals surface area (Å²) in [5.41, 5.74) is 1.34. The first-order valence-corrected chi connectivity index (χ1v) is 9.51. The summed E-state index contributed by atoms with van der Waals surface area (Å²) in [5.74, 6) is 0.789. The average molecular weight is 373 g/mol. The Hall–Kier alpha value is -2.04. The molecule has 1 amide bonds. The summed E-state index contributed by atoms with van der Waals surface area (Å²) < 4.78 is 5.58. The second kappa shape index (κ2) is 9.60. The zero-order chi connectivity index (χ0) is 18.2. The predicted molar refractivity (Wildman–Crippen MR) is 104 cm³/mol. The van der Waals surface area contributed by atoms with E-state index in [0.717, 1.165) is 38.2 Å². The molecule has 2 aromatic carbocycles. The van der Waals surface area contributed by atoms with Crippen molar-refractivity contribution >= 4 is 17.5 Å². The van der Waals surface area contributed by atoms with E-state index < -0.39 is 0 Å². The minimum Gasteiger partial charge on any atom is -0.493 e. The lowest BCUT2D eigenvalue weighted by Crippen LogP contribution is -2.44. The molecule has 0 radical (unpaired) electrons. The Morgan fingerprint density at radius 1 is 1.08 bits per heavy atom. The van der Waals surface area contributed by atoms with Gasteiger partial charge < -0.3 is 10.1 Å². The summed E-state index contributed by atoms with van der Waals surface area (Å²) >= 11 is 5.84.